The Bertz CT molecular complexity index is 226. The summed E-state index contributed by atoms with van der Waals surface area (Å²) in [6.07, 6.45) is 4.52. The lowest BCUT2D eigenvalue weighted by Crippen LogP contribution is -2.14. The molecule has 0 aromatic carbocycles. The molecule has 0 heterocycles. The molecule has 0 aromatic heterocycles. The molecule has 0 N–H and O–H groups in total. The molecule has 0 radical (unpaired) electrons. The van der Waals surface area contributed by atoms with Gasteiger partial charge in [-0.05, 0) is 26.7 Å². The molecular formula is C12H26IO3P. The number of halogens is 1. The molecule has 104 valence electrons. The Morgan fingerprint density at radius 1 is 1.18 bits per heavy atom. The molecule has 5 heteroatoms. The summed E-state index contributed by atoms with van der Waals surface area (Å²) in [5.41, 5.74) is -0.0128. The first kappa shape index (κ1) is 17.9. The summed E-state index contributed by atoms with van der Waals surface area (Å²) in [6, 6.07) is 0. The summed E-state index contributed by atoms with van der Waals surface area (Å²) < 4.78 is 23.8. The van der Waals surface area contributed by atoms with Gasteiger partial charge in [0.05, 0.1) is 18.9 Å². The SMILES string of the molecule is CCCC[C@@H](I)C[C@@H](C)P(=O)(OCC)OCC. The third-order valence-corrected chi connectivity index (χ3v) is 6.28. The van der Waals surface area contributed by atoms with Crippen molar-refractivity contribution in [1.82, 2.24) is 0 Å². The van der Waals surface area contributed by atoms with E-state index in [1.54, 1.807) is 0 Å². The van der Waals surface area contributed by atoms with Crippen molar-refractivity contribution < 1.29 is 13.6 Å². The van der Waals surface area contributed by atoms with Crippen LogP contribution in [0.5, 0.6) is 0 Å². The van der Waals surface area contributed by atoms with E-state index in [9.17, 15) is 4.57 Å². The number of hydrogen-bond acceptors (Lipinski definition) is 3. The molecule has 0 aliphatic rings. The van der Waals surface area contributed by atoms with Crippen LogP contribution in [-0.4, -0.2) is 22.8 Å². The first-order valence-electron chi connectivity index (χ1n) is 6.52. The van der Waals surface area contributed by atoms with Gasteiger partial charge in [0.25, 0.3) is 0 Å². The first-order chi connectivity index (χ1) is 8.00. The minimum absolute atomic E-state index is 0.0128. The zero-order valence-electron chi connectivity index (χ0n) is 11.4. The summed E-state index contributed by atoms with van der Waals surface area (Å²) in [5, 5.41) is 0. The number of unbranched alkanes of at least 4 members (excludes halogenated alkanes) is 1. The number of alkyl halides is 1. The van der Waals surface area contributed by atoms with Crippen LogP contribution in [0, 0.1) is 0 Å². The average Bonchev–Trinajstić information content (AvgIpc) is 2.27. The summed E-state index contributed by atoms with van der Waals surface area (Å²) in [5.74, 6) is 0. The van der Waals surface area contributed by atoms with Gasteiger partial charge in [0.2, 0.25) is 0 Å². The molecule has 0 amide bonds. The number of hydrogen-bond donors (Lipinski definition) is 0. The largest absolute Gasteiger partial charge is 0.333 e. The summed E-state index contributed by atoms with van der Waals surface area (Å²) >= 11 is 2.44. The van der Waals surface area contributed by atoms with Gasteiger partial charge in [0.1, 0.15) is 0 Å². The van der Waals surface area contributed by atoms with E-state index in [0.717, 1.165) is 6.42 Å². The van der Waals surface area contributed by atoms with Crippen molar-refractivity contribution in [3.63, 3.8) is 0 Å². The van der Waals surface area contributed by atoms with Gasteiger partial charge < -0.3 is 9.05 Å². The molecule has 0 unspecified atom stereocenters. The van der Waals surface area contributed by atoms with Crippen LogP contribution in [0.25, 0.3) is 0 Å². The summed E-state index contributed by atoms with van der Waals surface area (Å²) in [4.78, 5) is 0. The fourth-order valence-corrected chi connectivity index (χ4v) is 5.12. The van der Waals surface area contributed by atoms with E-state index in [4.69, 9.17) is 9.05 Å². The van der Waals surface area contributed by atoms with Gasteiger partial charge >= 0.3 is 7.60 Å². The minimum Gasteiger partial charge on any atom is -0.309 e. The van der Waals surface area contributed by atoms with Crippen LogP contribution in [-0.2, 0) is 13.6 Å². The third-order valence-electron chi connectivity index (χ3n) is 2.63. The van der Waals surface area contributed by atoms with Crippen LogP contribution in [0.1, 0.15) is 53.4 Å². The molecule has 0 bridgehead atoms. The van der Waals surface area contributed by atoms with Gasteiger partial charge in [-0.3, -0.25) is 4.57 Å². The lowest BCUT2D eigenvalue weighted by Gasteiger charge is -2.25. The molecule has 0 rings (SSSR count). The molecule has 0 fully saturated rings. The Morgan fingerprint density at radius 3 is 2.12 bits per heavy atom. The van der Waals surface area contributed by atoms with E-state index >= 15 is 0 Å². The summed E-state index contributed by atoms with van der Waals surface area (Å²) in [7, 11) is -2.90. The maximum Gasteiger partial charge on any atom is 0.333 e. The molecule has 3 nitrogen and oxygen atoms in total. The monoisotopic (exact) mass is 376 g/mol. The van der Waals surface area contributed by atoms with E-state index in [2.05, 4.69) is 29.5 Å². The van der Waals surface area contributed by atoms with Crippen molar-refractivity contribution >= 4 is 30.2 Å². The quantitative estimate of drug-likeness (QED) is 0.305. The lowest BCUT2D eigenvalue weighted by atomic mass is 10.1. The third kappa shape index (κ3) is 7.14. The molecule has 0 spiro atoms. The highest BCUT2D eigenvalue weighted by Crippen LogP contribution is 2.54. The highest BCUT2D eigenvalue weighted by Gasteiger charge is 2.32. The predicted molar refractivity (Wildman–Crippen MR) is 82.3 cm³/mol. The topological polar surface area (TPSA) is 35.5 Å². The standard InChI is InChI=1S/C12H26IO3P/c1-5-8-9-12(13)10-11(4)17(14,15-6-2)16-7-3/h11-12H,5-10H2,1-4H3/t11-,12-/m1/s1. The van der Waals surface area contributed by atoms with Crippen molar-refractivity contribution in [1.29, 1.82) is 0 Å². The van der Waals surface area contributed by atoms with E-state index in [0.29, 0.717) is 17.1 Å². The fraction of sp³-hybridized carbons (Fsp3) is 1.00. The van der Waals surface area contributed by atoms with Crippen LogP contribution in [0.3, 0.4) is 0 Å². The van der Waals surface area contributed by atoms with Crippen molar-refractivity contribution in [3.8, 4) is 0 Å². The minimum atomic E-state index is -2.90. The van der Waals surface area contributed by atoms with Crippen LogP contribution < -0.4 is 0 Å². The van der Waals surface area contributed by atoms with Gasteiger partial charge in [-0.1, -0.05) is 49.3 Å². The smallest absolute Gasteiger partial charge is 0.309 e. The zero-order chi connectivity index (χ0) is 13.3. The Kier molecular flexibility index (Phi) is 10.3. The maximum atomic E-state index is 12.5. The van der Waals surface area contributed by atoms with Crippen molar-refractivity contribution in [2.24, 2.45) is 0 Å². The molecule has 17 heavy (non-hydrogen) atoms. The van der Waals surface area contributed by atoms with Gasteiger partial charge in [-0.15, -0.1) is 0 Å². The van der Waals surface area contributed by atoms with E-state index in [1.165, 1.54) is 19.3 Å². The van der Waals surface area contributed by atoms with Gasteiger partial charge in [0.15, 0.2) is 0 Å². The molecule has 0 aliphatic heterocycles. The van der Waals surface area contributed by atoms with E-state index in [-0.39, 0.29) is 5.66 Å². The highest BCUT2D eigenvalue weighted by molar-refractivity contribution is 14.1. The molecule has 0 saturated carbocycles. The molecule has 2 atom stereocenters. The van der Waals surface area contributed by atoms with E-state index in [1.807, 2.05) is 20.8 Å². The van der Waals surface area contributed by atoms with Crippen molar-refractivity contribution in [2.75, 3.05) is 13.2 Å². The first-order valence-corrected chi connectivity index (χ1v) is 9.38. The second-order valence-corrected chi connectivity index (χ2v) is 8.44. The molecule has 0 aliphatic carbocycles. The van der Waals surface area contributed by atoms with Crippen LogP contribution in [0.4, 0.5) is 0 Å². The second kappa shape index (κ2) is 9.76. The van der Waals surface area contributed by atoms with Crippen molar-refractivity contribution in [2.45, 2.75) is 63.0 Å². The molecular weight excluding hydrogens is 350 g/mol. The zero-order valence-corrected chi connectivity index (χ0v) is 14.5. The Labute approximate surface area is 120 Å². The highest BCUT2D eigenvalue weighted by atomic mass is 127. The van der Waals surface area contributed by atoms with E-state index < -0.39 is 7.60 Å². The Morgan fingerprint density at radius 2 is 1.71 bits per heavy atom. The molecule has 0 saturated heterocycles. The Hall–Kier alpha value is 0.880. The summed E-state index contributed by atoms with van der Waals surface area (Å²) in [6.45, 7) is 8.78. The lowest BCUT2D eigenvalue weighted by molar-refractivity contribution is 0.212. The van der Waals surface area contributed by atoms with Gasteiger partial charge in [-0.2, -0.15) is 0 Å². The normalized spacial score (nSPS) is 15.8. The van der Waals surface area contributed by atoms with Crippen molar-refractivity contribution in [3.05, 3.63) is 0 Å². The number of rotatable bonds is 10. The fourth-order valence-electron chi connectivity index (χ4n) is 1.69. The van der Waals surface area contributed by atoms with Crippen LogP contribution in [0.2, 0.25) is 0 Å². The van der Waals surface area contributed by atoms with Gasteiger partial charge in [0, 0.05) is 3.92 Å². The van der Waals surface area contributed by atoms with Crippen LogP contribution in [0.15, 0.2) is 0 Å². The van der Waals surface area contributed by atoms with Gasteiger partial charge in [-0.25, -0.2) is 0 Å². The Balaban J connectivity index is 4.31. The maximum absolute atomic E-state index is 12.5. The average molecular weight is 376 g/mol. The van der Waals surface area contributed by atoms with Crippen LogP contribution >= 0.6 is 30.2 Å². The molecule has 0 aromatic rings. The second-order valence-electron chi connectivity index (χ2n) is 4.20. The predicted octanol–water partition coefficient (Wildman–Crippen LogP) is 5.02.